The molecule has 0 bridgehead atoms. The molecule has 2 rings (SSSR count). The fraction of sp³-hybridized carbons (Fsp3) is 0.500. The largest absolute Gasteiger partial charge is 0.462 e. The number of carbonyl (C=O) groups excluding carboxylic acids is 4. The molecule has 0 N–H and O–H groups in total. The van der Waals surface area contributed by atoms with E-state index in [-0.39, 0.29) is 27.3 Å². The topological polar surface area (TPSA) is 105 Å². The van der Waals surface area contributed by atoms with Crippen LogP contribution in [0.15, 0.2) is 36.4 Å². The highest BCUT2D eigenvalue weighted by Crippen LogP contribution is 2.22. The summed E-state index contributed by atoms with van der Waals surface area (Å²) in [6, 6.07) is 9.18. The Balaban J connectivity index is 0.000000420. The first kappa shape index (κ1) is 36.9. The molecule has 0 fully saturated rings. The molecule has 232 valence electrons. The van der Waals surface area contributed by atoms with Crippen LogP contribution in [-0.2, 0) is 18.9 Å². The SMILES string of the molecule is CCCCOC(=O)c1ccc(Cl)cc1C(=O)OCCCC.CCCCOC(=O)c1cccc(Cl)c1C(=O)OCCCC. The van der Waals surface area contributed by atoms with Crippen LogP contribution < -0.4 is 0 Å². The molecule has 10 heteroatoms. The van der Waals surface area contributed by atoms with Gasteiger partial charge in [-0.05, 0) is 56.0 Å². The number of unbranched alkanes of at least 4 members (excludes halogenated alkanes) is 4. The molecule has 0 spiro atoms. The Kier molecular flexibility index (Phi) is 19.0. The lowest BCUT2D eigenvalue weighted by Gasteiger charge is -2.11. The number of carbonyl (C=O) groups is 4. The zero-order valence-corrected chi connectivity index (χ0v) is 26.5. The molecule has 0 saturated carbocycles. The van der Waals surface area contributed by atoms with Crippen molar-refractivity contribution in [2.75, 3.05) is 26.4 Å². The molecular weight excluding hydrogens is 583 g/mol. The minimum Gasteiger partial charge on any atom is -0.462 e. The molecule has 0 aromatic heterocycles. The summed E-state index contributed by atoms with van der Waals surface area (Å²) >= 11 is 11.9. The minimum atomic E-state index is -0.587. The van der Waals surface area contributed by atoms with Gasteiger partial charge in [0.15, 0.2) is 0 Å². The maximum Gasteiger partial charge on any atom is 0.340 e. The smallest absolute Gasteiger partial charge is 0.340 e. The number of rotatable bonds is 16. The van der Waals surface area contributed by atoms with Crippen molar-refractivity contribution in [3.05, 3.63) is 68.7 Å². The lowest BCUT2D eigenvalue weighted by Crippen LogP contribution is -2.15. The van der Waals surface area contributed by atoms with Gasteiger partial charge in [-0.25, -0.2) is 19.2 Å². The average molecular weight is 626 g/mol. The third kappa shape index (κ3) is 13.3. The van der Waals surface area contributed by atoms with Crippen LogP contribution in [0.3, 0.4) is 0 Å². The molecule has 0 aliphatic heterocycles. The Morgan fingerprint density at radius 3 is 1.45 bits per heavy atom. The van der Waals surface area contributed by atoms with E-state index < -0.39 is 23.9 Å². The normalized spacial score (nSPS) is 10.2. The molecule has 2 aromatic carbocycles. The van der Waals surface area contributed by atoms with E-state index in [1.54, 1.807) is 18.2 Å². The summed E-state index contributed by atoms with van der Waals surface area (Å²) < 4.78 is 20.5. The summed E-state index contributed by atoms with van der Waals surface area (Å²) in [5.74, 6) is -2.21. The summed E-state index contributed by atoms with van der Waals surface area (Å²) in [6.07, 6.45) is 6.82. The van der Waals surface area contributed by atoms with E-state index in [0.29, 0.717) is 31.5 Å². The van der Waals surface area contributed by atoms with Gasteiger partial charge in [-0.15, -0.1) is 0 Å². The van der Waals surface area contributed by atoms with E-state index >= 15 is 0 Å². The van der Waals surface area contributed by atoms with E-state index in [4.69, 9.17) is 42.1 Å². The highest BCUT2D eigenvalue weighted by molar-refractivity contribution is 6.34. The van der Waals surface area contributed by atoms with Gasteiger partial charge in [0.1, 0.15) is 0 Å². The molecule has 0 saturated heterocycles. The second-order valence-electron chi connectivity index (χ2n) is 9.31. The number of hydrogen-bond donors (Lipinski definition) is 0. The fourth-order valence-corrected chi connectivity index (χ4v) is 3.73. The first-order valence-electron chi connectivity index (χ1n) is 14.5. The van der Waals surface area contributed by atoms with Gasteiger partial charge in [-0.3, -0.25) is 0 Å². The molecular formula is C32H42Cl2O8. The second kappa shape index (κ2) is 21.6. The van der Waals surface area contributed by atoms with Crippen molar-refractivity contribution < 1.29 is 38.1 Å². The quantitative estimate of drug-likeness (QED) is 0.104. The van der Waals surface area contributed by atoms with E-state index in [1.807, 2.05) is 27.7 Å². The first-order chi connectivity index (χ1) is 20.2. The van der Waals surface area contributed by atoms with Gasteiger partial charge in [0.05, 0.1) is 53.7 Å². The first-order valence-corrected chi connectivity index (χ1v) is 15.2. The lowest BCUT2D eigenvalue weighted by atomic mass is 10.1. The molecule has 0 heterocycles. The predicted octanol–water partition coefficient (Wildman–Crippen LogP) is 8.51. The summed E-state index contributed by atoms with van der Waals surface area (Å²) in [5, 5.41) is 0.573. The number of ether oxygens (including phenoxy) is 4. The standard InChI is InChI=1S/2C16H21ClO4/c1-3-5-10-20-15(18)12-8-7-9-13(17)14(12)16(19)21-11-6-4-2;1-3-5-9-20-15(18)13-8-7-12(17)11-14(13)16(19)21-10-6-4-2/h7-9H,3-6,10-11H2,1-2H3;7-8,11H,3-6,9-10H2,1-2H3. The molecule has 0 unspecified atom stereocenters. The molecule has 0 radical (unpaired) electrons. The van der Waals surface area contributed by atoms with Crippen LogP contribution in [0.5, 0.6) is 0 Å². The van der Waals surface area contributed by atoms with E-state index in [2.05, 4.69) is 0 Å². The van der Waals surface area contributed by atoms with Crippen molar-refractivity contribution in [2.45, 2.75) is 79.1 Å². The van der Waals surface area contributed by atoms with Crippen LogP contribution in [-0.4, -0.2) is 50.3 Å². The Morgan fingerprint density at radius 1 is 0.548 bits per heavy atom. The monoisotopic (exact) mass is 624 g/mol. The number of hydrogen-bond acceptors (Lipinski definition) is 8. The van der Waals surface area contributed by atoms with Crippen molar-refractivity contribution in [3.8, 4) is 0 Å². The van der Waals surface area contributed by atoms with Gasteiger partial charge in [-0.2, -0.15) is 0 Å². The van der Waals surface area contributed by atoms with Crippen LogP contribution in [0.2, 0.25) is 10.0 Å². The Hall–Kier alpha value is -3.10. The van der Waals surface area contributed by atoms with Gasteiger partial charge < -0.3 is 18.9 Å². The Bertz CT molecular complexity index is 1130. The molecule has 42 heavy (non-hydrogen) atoms. The van der Waals surface area contributed by atoms with Crippen LogP contribution in [0, 0.1) is 0 Å². The van der Waals surface area contributed by atoms with Gasteiger partial charge in [0, 0.05) is 5.02 Å². The molecule has 0 aliphatic carbocycles. The van der Waals surface area contributed by atoms with Gasteiger partial charge >= 0.3 is 23.9 Å². The maximum absolute atomic E-state index is 12.1. The molecule has 0 atom stereocenters. The highest BCUT2D eigenvalue weighted by atomic mass is 35.5. The summed E-state index contributed by atoms with van der Waals surface area (Å²) in [4.78, 5) is 48.2. The average Bonchev–Trinajstić information content (AvgIpc) is 2.97. The number of benzene rings is 2. The van der Waals surface area contributed by atoms with Gasteiger partial charge in [0.25, 0.3) is 0 Å². The van der Waals surface area contributed by atoms with Crippen LogP contribution in [0.4, 0.5) is 0 Å². The third-order valence-electron chi connectivity index (χ3n) is 5.78. The fourth-order valence-electron chi connectivity index (χ4n) is 3.31. The minimum absolute atomic E-state index is 0.0803. The van der Waals surface area contributed by atoms with Gasteiger partial charge in [-0.1, -0.05) is 82.6 Å². The van der Waals surface area contributed by atoms with Crippen molar-refractivity contribution in [1.29, 1.82) is 0 Å². The van der Waals surface area contributed by atoms with Crippen LogP contribution in [0.25, 0.3) is 0 Å². The van der Waals surface area contributed by atoms with Crippen LogP contribution in [0.1, 0.15) is 120 Å². The summed E-state index contributed by atoms with van der Waals surface area (Å²) in [5.41, 5.74) is 0.578. The van der Waals surface area contributed by atoms with Crippen LogP contribution >= 0.6 is 23.2 Å². The Labute approximate surface area is 258 Å². The third-order valence-corrected chi connectivity index (χ3v) is 6.33. The van der Waals surface area contributed by atoms with Gasteiger partial charge in [0.2, 0.25) is 0 Å². The summed E-state index contributed by atoms with van der Waals surface area (Å²) in [6.45, 7) is 9.31. The lowest BCUT2D eigenvalue weighted by molar-refractivity contribution is 0.0452. The molecule has 0 aliphatic rings. The molecule has 2 aromatic rings. The Morgan fingerprint density at radius 2 is 0.976 bits per heavy atom. The van der Waals surface area contributed by atoms with E-state index in [0.717, 1.165) is 51.4 Å². The summed E-state index contributed by atoms with van der Waals surface area (Å²) in [7, 11) is 0. The van der Waals surface area contributed by atoms with Crippen molar-refractivity contribution in [1.82, 2.24) is 0 Å². The zero-order valence-electron chi connectivity index (χ0n) is 25.0. The predicted molar refractivity (Wildman–Crippen MR) is 164 cm³/mol. The van der Waals surface area contributed by atoms with E-state index in [9.17, 15) is 19.2 Å². The van der Waals surface area contributed by atoms with Crippen molar-refractivity contribution >= 4 is 47.1 Å². The van der Waals surface area contributed by atoms with E-state index in [1.165, 1.54) is 18.2 Å². The number of halogens is 2. The zero-order chi connectivity index (χ0) is 31.3. The molecule has 8 nitrogen and oxygen atoms in total. The maximum atomic E-state index is 12.1. The highest BCUT2D eigenvalue weighted by Gasteiger charge is 2.23. The second-order valence-corrected chi connectivity index (χ2v) is 10.2. The number of esters is 4. The van der Waals surface area contributed by atoms with Crippen molar-refractivity contribution in [2.24, 2.45) is 0 Å². The van der Waals surface area contributed by atoms with Crippen molar-refractivity contribution in [3.63, 3.8) is 0 Å². The molecule has 0 amide bonds.